The van der Waals surface area contributed by atoms with Gasteiger partial charge >= 0.3 is 0 Å². The number of benzene rings is 2. The van der Waals surface area contributed by atoms with E-state index in [4.69, 9.17) is 4.74 Å². The molecule has 102 valence electrons. The third kappa shape index (κ3) is 3.68. The van der Waals surface area contributed by atoms with Crippen molar-refractivity contribution in [1.29, 1.82) is 0 Å². The number of hydrogen-bond donors (Lipinski definition) is 1. The van der Waals surface area contributed by atoms with Crippen LogP contribution in [0.25, 0.3) is 0 Å². The highest BCUT2D eigenvalue weighted by Gasteiger charge is 2.03. The van der Waals surface area contributed by atoms with Gasteiger partial charge in [-0.25, -0.2) is 5.43 Å². The molecule has 0 aliphatic carbocycles. The Morgan fingerprint density at radius 2 is 1.75 bits per heavy atom. The molecule has 1 N–H and O–H groups in total. The number of ether oxygens (including phenoxy) is 1. The van der Waals surface area contributed by atoms with Gasteiger partial charge in [0.25, 0.3) is 5.91 Å². The zero-order chi connectivity index (χ0) is 14.4. The summed E-state index contributed by atoms with van der Waals surface area (Å²) < 4.78 is 5.04. The topological polar surface area (TPSA) is 50.7 Å². The van der Waals surface area contributed by atoms with Crippen molar-refractivity contribution in [3.05, 3.63) is 65.2 Å². The van der Waals surface area contributed by atoms with Crippen LogP contribution in [0, 0.1) is 6.92 Å². The van der Waals surface area contributed by atoms with Crippen molar-refractivity contribution in [3.8, 4) is 5.75 Å². The molecule has 20 heavy (non-hydrogen) atoms. The summed E-state index contributed by atoms with van der Waals surface area (Å²) in [5.41, 5.74) is 5.14. The number of hydrogen-bond acceptors (Lipinski definition) is 3. The highest BCUT2D eigenvalue weighted by Crippen LogP contribution is 2.10. The minimum Gasteiger partial charge on any atom is -0.497 e. The van der Waals surface area contributed by atoms with Gasteiger partial charge in [0.15, 0.2) is 0 Å². The Morgan fingerprint density at radius 3 is 2.35 bits per heavy atom. The van der Waals surface area contributed by atoms with E-state index >= 15 is 0 Å². The fourth-order valence-electron chi connectivity index (χ4n) is 1.62. The van der Waals surface area contributed by atoms with Crippen molar-refractivity contribution in [3.63, 3.8) is 0 Å². The molecule has 0 aliphatic rings. The summed E-state index contributed by atoms with van der Waals surface area (Å²) >= 11 is 0. The van der Waals surface area contributed by atoms with Gasteiger partial charge < -0.3 is 4.74 Å². The van der Waals surface area contributed by atoms with Crippen LogP contribution >= 0.6 is 0 Å². The van der Waals surface area contributed by atoms with Crippen molar-refractivity contribution in [2.45, 2.75) is 6.92 Å². The normalized spacial score (nSPS) is 10.5. The van der Waals surface area contributed by atoms with Crippen molar-refractivity contribution in [2.75, 3.05) is 7.11 Å². The van der Waals surface area contributed by atoms with E-state index < -0.39 is 0 Å². The number of rotatable bonds is 4. The van der Waals surface area contributed by atoms with Crippen molar-refractivity contribution in [1.82, 2.24) is 5.43 Å². The molecule has 2 aromatic rings. The molecule has 4 heteroatoms. The predicted octanol–water partition coefficient (Wildman–Crippen LogP) is 2.77. The lowest BCUT2D eigenvalue weighted by molar-refractivity contribution is 0.0955. The van der Waals surface area contributed by atoms with Gasteiger partial charge in [-0.3, -0.25) is 4.79 Å². The van der Waals surface area contributed by atoms with Gasteiger partial charge in [-0.15, -0.1) is 0 Å². The molecule has 2 rings (SSSR count). The van der Waals surface area contributed by atoms with Gasteiger partial charge in [0.2, 0.25) is 0 Å². The minimum absolute atomic E-state index is 0.254. The molecule has 0 bridgehead atoms. The van der Waals surface area contributed by atoms with E-state index in [1.807, 2.05) is 31.2 Å². The molecule has 0 radical (unpaired) electrons. The van der Waals surface area contributed by atoms with Gasteiger partial charge in [-0.05, 0) is 36.8 Å². The van der Waals surface area contributed by atoms with Crippen LogP contribution in [0.2, 0.25) is 0 Å². The van der Waals surface area contributed by atoms with Crippen LogP contribution in [0.3, 0.4) is 0 Å². The van der Waals surface area contributed by atoms with E-state index in [0.29, 0.717) is 11.3 Å². The Hall–Kier alpha value is -2.62. The first-order valence-electron chi connectivity index (χ1n) is 6.23. The van der Waals surface area contributed by atoms with E-state index in [1.165, 1.54) is 5.56 Å². The first kappa shape index (κ1) is 13.8. The zero-order valence-electron chi connectivity index (χ0n) is 11.5. The van der Waals surface area contributed by atoms with Gasteiger partial charge in [-0.1, -0.05) is 29.8 Å². The summed E-state index contributed by atoms with van der Waals surface area (Å²) in [6, 6.07) is 14.7. The van der Waals surface area contributed by atoms with Gasteiger partial charge in [0.05, 0.1) is 13.3 Å². The Bertz CT molecular complexity index is 601. The van der Waals surface area contributed by atoms with Gasteiger partial charge in [-0.2, -0.15) is 5.10 Å². The van der Waals surface area contributed by atoms with Crippen LogP contribution in [0.15, 0.2) is 53.6 Å². The van der Waals surface area contributed by atoms with Crippen molar-refractivity contribution >= 4 is 12.1 Å². The third-order valence-corrected chi connectivity index (χ3v) is 2.81. The lowest BCUT2D eigenvalue weighted by Gasteiger charge is -2.02. The molecule has 0 fully saturated rings. The maximum Gasteiger partial charge on any atom is 0.271 e. The predicted molar refractivity (Wildman–Crippen MR) is 79.2 cm³/mol. The Kier molecular flexibility index (Phi) is 4.50. The molecule has 0 aliphatic heterocycles. The first-order valence-corrected chi connectivity index (χ1v) is 6.23. The molecular weight excluding hydrogens is 252 g/mol. The first-order chi connectivity index (χ1) is 9.69. The van der Waals surface area contributed by atoms with Crippen LogP contribution in [-0.2, 0) is 0 Å². The maximum absolute atomic E-state index is 11.8. The molecule has 0 atom stereocenters. The van der Waals surface area contributed by atoms with Gasteiger partial charge in [0.1, 0.15) is 5.75 Å². The quantitative estimate of drug-likeness (QED) is 0.684. The number of amides is 1. The molecule has 0 aromatic heterocycles. The number of carbonyl (C=O) groups excluding carboxylic acids is 1. The fraction of sp³-hybridized carbons (Fsp3) is 0.125. The highest BCUT2D eigenvalue weighted by atomic mass is 16.5. The molecule has 0 unspecified atom stereocenters. The summed E-state index contributed by atoms with van der Waals surface area (Å²) in [5, 5.41) is 3.93. The Morgan fingerprint density at radius 1 is 1.10 bits per heavy atom. The minimum atomic E-state index is -0.254. The second kappa shape index (κ2) is 6.52. The van der Waals surface area contributed by atoms with Crippen LogP contribution in [-0.4, -0.2) is 19.2 Å². The number of methoxy groups -OCH3 is 1. The molecule has 1 amide bonds. The number of nitrogens with one attached hydrogen (secondary N) is 1. The third-order valence-electron chi connectivity index (χ3n) is 2.81. The molecule has 0 heterocycles. The SMILES string of the molecule is COc1ccc(C(=O)NN=Cc2ccc(C)cc2)cc1. The molecule has 4 nitrogen and oxygen atoms in total. The number of aryl methyl sites for hydroxylation is 1. The Labute approximate surface area is 118 Å². The van der Waals surface area contributed by atoms with E-state index in [1.54, 1.807) is 37.6 Å². The standard InChI is InChI=1S/C16H16N2O2/c1-12-3-5-13(6-4-12)11-17-18-16(19)14-7-9-15(20-2)10-8-14/h3-11H,1-2H3,(H,18,19). The molecule has 0 saturated heterocycles. The van der Waals surface area contributed by atoms with Gasteiger partial charge in [0, 0.05) is 5.56 Å². The van der Waals surface area contributed by atoms with Crippen molar-refractivity contribution < 1.29 is 9.53 Å². The highest BCUT2D eigenvalue weighted by molar-refractivity contribution is 5.94. The van der Waals surface area contributed by atoms with E-state index in [2.05, 4.69) is 10.5 Å². The molecular formula is C16H16N2O2. The number of nitrogens with zero attached hydrogens (tertiary/aromatic N) is 1. The summed E-state index contributed by atoms with van der Waals surface area (Å²) in [4.78, 5) is 11.8. The summed E-state index contributed by atoms with van der Waals surface area (Å²) in [7, 11) is 1.58. The lowest BCUT2D eigenvalue weighted by Crippen LogP contribution is -2.17. The van der Waals surface area contributed by atoms with Crippen LogP contribution in [0.4, 0.5) is 0 Å². The fourth-order valence-corrected chi connectivity index (χ4v) is 1.62. The Balaban J connectivity index is 1.95. The second-order valence-corrected chi connectivity index (χ2v) is 4.34. The number of carbonyl (C=O) groups is 1. The zero-order valence-corrected chi connectivity index (χ0v) is 11.5. The van der Waals surface area contributed by atoms with Crippen molar-refractivity contribution in [2.24, 2.45) is 5.10 Å². The lowest BCUT2D eigenvalue weighted by atomic mass is 10.2. The van der Waals surface area contributed by atoms with Crippen LogP contribution in [0.1, 0.15) is 21.5 Å². The average molecular weight is 268 g/mol. The molecule has 0 spiro atoms. The van der Waals surface area contributed by atoms with E-state index in [9.17, 15) is 4.79 Å². The molecule has 0 saturated carbocycles. The summed E-state index contributed by atoms with van der Waals surface area (Å²) in [6.07, 6.45) is 1.61. The monoisotopic (exact) mass is 268 g/mol. The maximum atomic E-state index is 11.8. The average Bonchev–Trinajstić information content (AvgIpc) is 2.49. The van der Waals surface area contributed by atoms with E-state index in [-0.39, 0.29) is 5.91 Å². The summed E-state index contributed by atoms with van der Waals surface area (Å²) in [5.74, 6) is 0.459. The summed E-state index contributed by atoms with van der Waals surface area (Å²) in [6.45, 7) is 2.02. The van der Waals surface area contributed by atoms with Crippen LogP contribution < -0.4 is 10.2 Å². The van der Waals surface area contributed by atoms with E-state index in [0.717, 1.165) is 5.56 Å². The van der Waals surface area contributed by atoms with Crippen LogP contribution in [0.5, 0.6) is 5.75 Å². The smallest absolute Gasteiger partial charge is 0.271 e. The second-order valence-electron chi connectivity index (χ2n) is 4.34. The number of hydrazone groups is 1. The molecule has 2 aromatic carbocycles. The largest absolute Gasteiger partial charge is 0.497 e.